The van der Waals surface area contributed by atoms with E-state index in [9.17, 15) is 4.79 Å². The molecule has 0 saturated heterocycles. The van der Waals surface area contributed by atoms with Gasteiger partial charge in [-0.1, -0.05) is 0 Å². The predicted molar refractivity (Wildman–Crippen MR) is 42.0 cm³/mol. The average molecular weight is 168 g/mol. The Labute approximate surface area is 71.3 Å². The Morgan fingerprint density at radius 3 is 2.92 bits per heavy atom. The van der Waals surface area contributed by atoms with E-state index in [1.807, 2.05) is 0 Å². The van der Waals surface area contributed by atoms with Gasteiger partial charge in [0.25, 0.3) is 0 Å². The van der Waals surface area contributed by atoms with E-state index >= 15 is 0 Å². The molecule has 1 amide bonds. The Morgan fingerprint density at radius 1 is 1.58 bits per heavy atom. The maximum atomic E-state index is 10.4. The quantitative estimate of drug-likeness (QED) is 0.638. The van der Waals surface area contributed by atoms with Gasteiger partial charge in [-0.2, -0.15) is 5.26 Å². The molecular formula is C8H12N2O2. The van der Waals surface area contributed by atoms with Crippen LogP contribution in [0.4, 0.5) is 4.79 Å². The number of hydrogen-bond acceptors (Lipinski definition) is 3. The Kier molecular flexibility index (Phi) is 2.92. The minimum atomic E-state index is -0.737. The fraction of sp³-hybridized carbons (Fsp3) is 0.750. The zero-order valence-corrected chi connectivity index (χ0v) is 6.82. The molecule has 1 aliphatic carbocycles. The molecule has 1 saturated carbocycles. The standard InChI is InChI=1S/C8H12N2O2/c9-5-6-2-1-3-7(4-6)12-8(10)11/h6-7H,1-4H2,(H2,10,11)/t6-,7-/m0/s1. The second-order valence-electron chi connectivity index (χ2n) is 3.05. The van der Waals surface area contributed by atoms with Crippen LogP contribution in [0.1, 0.15) is 25.7 Å². The number of nitrogens with zero attached hydrogens (tertiary/aromatic N) is 1. The molecule has 1 aliphatic rings. The van der Waals surface area contributed by atoms with Gasteiger partial charge in [0.15, 0.2) is 0 Å². The number of rotatable bonds is 1. The number of ether oxygens (including phenoxy) is 1. The Morgan fingerprint density at radius 2 is 2.33 bits per heavy atom. The lowest BCUT2D eigenvalue weighted by molar-refractivity contribution is 0.0741. The second-order valence-corrected chi connectivity index (χ2v) is 3.05. The molecule has 0 bridgehead atoms. The Bertz CT molecular complexity index is 210. The number of nitrogens with two attached hydrogens (primary N) is 1. The van der Waals surface area contributed by atoms with Crippen LogP contribution in [0.3, 0.4) is 0 Å². The molecule has 0 aromatic rings. The van der Waals surface area contributed by atoms with E-state index in [4.69, 9.17) is 15.7 Å². The number of amides is 1. The van der Waals surface area contributed by atoms with Gasteiger partial charge in [-0.15, -0.1) is 0 Å². The molecule has 0 heterocycles. The van der Waals surface area contributed by atoms with Gasteiger partial charge in [-0.05, 0) is 19.3 Å². The number of carbonyl (C=O) groups is 1. The van der Waals surface area contributed by atoms with Crippen LogP contribution in [0.2, 0.25) is 0 Å². The van der Waals surface area contributed by atoms with Crippen LogP contribution < -0.4 is 5.73 Å². The molecule has 0 radical (unpaired) electrons. The van der Waals surface area contributed by atoms with Gasteiger partial charge in [0.05, 0.1) is 6.07 Å². The molecule has 4 heteroatoms. The maximum absolute atomic E-state index is 10.4. The number of primary amides is 1. The van der Waals surface area contributed by atoms with Gasteiger partial charge in [0, 0.05) is 12.3 Å². The molecule has 0 unspecified atom stereocenters. The maximum Gasteiger partial charge on any atom is 0.404 e. The predicted octanol–water partition coefficient (Wildman–Crippen LogP) is 1.16. The molecule has 66 valence electrons. The molecule has 0 spiro atoms. The van der Waals surface area contributed by atoms with Gasteiger partial charge in [-0.3, -0.25) is 0 Å². The monoisotopic (exact) mass is 168 g/mol. The first-order valence-electron chi connectivity index (χ1n) is 4.08. The van der Waals surface area contributed by atoms with E-state index in [1.54, 1.807) is 0 Å². The normalized spacial score (nSPS) is 28.9. The van der Waals surface area contributed by atoms with Crippen molar-refractivity contribution < 1.29 is 9.53 Å². The van der Waals surface area contributed by atoms with E-state index in [1.165, 1.54) is 0 Å². The summed E-state index contributed by atoms with van der Waals surface area (Å²) in [6, 6.07) is 2.18. The molecule has 2 atom stereocenters. The summed E-state index contributed by atoms with van der Waals surface area (Å²) in [7, 11) is 0. The molecule has 0 aliphatic heterocycles. The highest BCUT2D eigenvalue weighted by molar-refractivity contribution is 5.64. The van der Waals surface area contributed by atoms with Crippen LogP contribution >= 0.6 is 0 Å². The third kappa shape index (κ3) is 2.42. The summed E-state index contributed by atoms with van der Waals surface area (Å²) in [6.45, 7) is 0. The summed E-state index contributed by atoms with van der Waals surface area (Å²) in [5.41, 5.74) is 4.87. The summed E-state index contributed by atoms with van der Waals surface area (Å²) < 4.78 is 4.81. The van der Waals surface area contributed by atoms with Crippen molar-refractivity contribution in [3.63, 3.8) is 0 Å². The summed E-state index contributed by atoms with van der Waals surface area (Å²) in [4.78, 5) is 10.4. The van der Waals surface area contributed by atoms with Crippen molar-refractivity contribution in [1.82, 2.24) is 0 Å². The number of carbonyl (C=O) groups excluding carboxylic acids is 1. The lowest BCUT2D eigenvalue weighted by atomic mass is 9.88. The first kappa shape index (κ1) is 8.85. The second kappa shape index (κ2) is 3.96. The molecule has 4 nitrogen and oxygen atoms in total. The highest BCUT2D eigenvalue weighted by Gasteiger charge is 2.23. The van der Waals surface area contributed by atoms with Crippen LogP contribution in [0.25, 0.3) is 0 Å². The highest BCUT2D eigenvalue weighted by Crippen LogP contribution is 2.25. The minimum Gasteiger partial charge on any atom is -0.446 e. The van der Waals surface area contributed by atoms with Crippen molar-refractivity contribution in [3.8, 4) is 6.07 Å². The molecule has 0 aromatic carbocycles. The largest absolute Gasteiger partial charge is 0.446 e. The van der Waals surface area contributed by atoms with Crippen LogP contribution in [0.15, 0.2) is 0 Å². The smallest absolute Gasteiger partial charge is 0.404 e. The fourth-order valence-corrected chi connectivity index (χ4v) is 1.53. The van der Waals surface area contributed by atoms with Gasteiger partial charge in [-0.25, -0.2) is 4.79 Å². The van der Waals surface area contributed by atoms with E-state index in [0.717, 1.165) is 19.3 Å². The van der Waals surface area contributed by atoms with Crippen LogP contribution in [-0.4, -0.2) is 12.2 Å². The summed E-state index contributed by atoms with van der Waals surface area (Å²) in [5.74, 6) is 0.0306. The number of hydrogen-bond donors (Lipinski definition) is 1. The molecule has 1 rings (SSSR count). The third-order valence-corrected chi connectivity index (χ3v) is 2.09. The van der Waals surface area contributed by atoms with Crippen LogP contribution in [0, 0.1) is 17.2 Å². The van der Waals surface area contributed by atoms with Gasteiger partial charge < -0.3 is 10.5 Å². The molecule has 2 N–H and O–H groups in total. The van der Waals surface area contributed by atoms with Gasteiger partial charge >= 0.3 is 6.09 Å². The van der Waals surface area contributed by atoms with Gasteiger partial charge in [0.1, 0.15) is 6.10 Å². The van der Waals surface area contributed by atoms with E-state index in [0.29, 0.717) is 6.42 Å². The summed E-state index contributed by atoms with van der Waals surface area (Å²) >= 11 is 0. The summed E-state index contributed by atoms with van der Waals surface area (Å²) in [6.07, 6.45) is 2.45. The first-order chi connectivity index (χ1) is 5.72. The van der Waals surface area contributed by atoms with Crippen LogP contribution in [-0.2, 0) is 4.74 Å². The average Bonchev–Trinajstić information content (AvgIpc) is 2.03. The van der Waals surface area contributed by atoms with E-state index in [2.05, 4.69) is 6.07 Å². The van der Waals surface area contributed by atoms with Crippen molar-refractivity contribution in [1.29, 1.82) is 5.26 Å². The van der Waals surface area contributed by atoms with Crippen molar-refractivity contribution >= 4 is 6.09 Å². The first-order valence-corrected chi connectivity index (χ1v) is 4.08. The van der Waals surface area contributed by atoms with E-state index in [-0.39, 0.29) is 12.0 Å². The van der Waals surface area contributed by atoms with Crippen molar-refractivity contribution in [2.24, 2.45) is 11.7 Å². The van der Waals surface area contributed by atoms with E-state index < -0.39 is 6.09 Å². The Balaban J connectivity index is 2.36. The number of nitriles is 1. The summed E-state index contributed by atoms with van der Waals surface area (Å²) in [5, 5.41) is 8.62. The molecule has 0 aromatic heterocycles. The SMILES string of the molecule is N#C[C@H]1CCC[C@H](OC(N)=O)C1. The minimum absolute atomic E-state index is 0.0306. The van der Waals surface area contributed by atoms with Crippen molar-refractivity contribution in [2.75, 3.05) is 0 Å². The molecule has 12 heavy (non-hydrogen) atoms. The zero-order valence-electron chi connectivity index (χ0n) is 6.82. The third-order valence-electron chi connectivity index (χ3n) is 2.09. The molecule has 1 fully saturated rings. The highest BCUT2D eigenvalue weighted by atomic mass is 16.6. The lowest BCUT2D eigenvalue weighted by Gasteiger charge is -2.23. The van der Waals surface area contributed by atoms with Gasteiger partial charge in [0.2, 0.25) is 0 Å². The lowest BCUT2D eigenvalue weighted by Crippen LogP contribution is -2.27. The zero-order chi connectivity index (χ0) is 8.97. The van der Waals surface area contributed by atoms with Crippen molar-refractivity contribution in [2.45, 2.75) is 31.8 Å². The van der Waals surface area contributed by atoms with Crippen LogP contribution in [0.5, 0.6) is 0 Å². The fourth-order valence-electron chi connectivity index (χ4n) is 1.53. The molecular weight excluding hydrogens is 156 g/mol. The van der Waals surface area contributed by atoms with Crippen molar-refractivity contribution in [3.05, 3.63) is 0 Å². The Hall–Kier alpha value is -1.24. The topological polar surface area (TPSA) is 76.1 Å².